The van der Waals surface area contributed by atoms with Crippen LogP contribution in [0.2, 0.25) is 0 Å². The lowest BCUT2D eigenvalue weighted by molar-refractivity contribution is -0.385. The highest BCUT2D eigenvalue weighted by atomic mass is 16.6. The number of carbonyl (C=O) groups excluding carboxylic acids is 3. The van der Waals surface area contributed by atoms with Crippen molar-refractivity contribution in [3.63, 3.8) is 0 Å². The molecule has 10 heteroatoms. The van der Waals surface area contributed by atoms with E-state index < -0.39 is 34.0 Å². The number of benzene rings is 2. The number of hydrogen-bond donors (Lipinski definition) is 2. The van der Waals surface area contributed by atoms with E-state index in [-0.39, 0.29) is 24.3 Å². The second-order valence-electron chi connectivity index (χ2n) is 6.51. The number of nitrogens with zero attached hydrogens (tertiary/aromatic N) is 2. The van der Waals surface area contributed by atoms with Gasteiger partial charge in [-0.1, -0.05) is 37.3 Å². The van der Waals surface area contributed by atoms with Gasteiger partial charge in [-0.3, -0.25) is 25.1 Å². The van der Waals surface area contributed by atoms with Gasteiger partial charge in [0.15, 0.2) is 5.75 Å². The van der Waals surface area contributed by atoms with Gasteiger partial charge in [0.2, 0.25) is 0 Å². The van der Waals surface area contributed by atoms with Crippen LogP contribution in [0.1, 0.15) is 36.2 Å². The van der Waals surface area contributed by atoms with E-state index in [4.69, 9.17) is 4.74 Å². The van der Waals surface area contributed by atoms with Gasteiger partial charge in [0.1, 0.15) is 5.54 Å². The van der Waals surface area contributed by atoms with Crippen LogP contribution in [0.3, 0.4) is 0 Å². The molecule has 0 aromatic heterocycles. The Kier molecular flexibility index (Phi) is 5.67. The number of urea groups is 1. The quantitative estimate of drug-likeness (QED) is 0.408. The molecule has 1 atom stereocenters. The van der Waals surface area contributed by atoms with E-state index >= 15 is 0 Å². The Balaban J connectivity index is 1.87. The molecule has 10 nitrogen and oxygen atoms in total. The lowest BCUT2D eigenvalue weighted by Crippen LogP contribution is -2.48. The Morgan fingerprint density at radius 2 is 1.90 bits per heavy atom. The molecular weight excluding hydrogens is 392 g/mol. The number of rotatable bonds is 7. The smallest absolute Gasteiger partial charge is 0.344 e. The van der Waals surface area contributed by atoms with Gasteiger partial charge in [0, 0.05) is 11.6 Å². The fraction of sp³-hybridized carbons (Fsp3) is 0.250. The zero-order valence-electron chi connectivity index (χ0n) is 16.4. The van der Waals surface area contributed by atoms with Crippen molar-refractivity contribution >= 4 is 23.5 Å². The molecule has 2 N–H and O–H groups in total. The van der Waals surface area contributed by atoms with E-state index in [9.17, 15) is 24.5 Å². The average Bonchev–Trinajstić information content (AvgIpc) is 2.99. The summed E-state index contributed by atoms with van der Waals surface area (Å²) in [5, 5.41) is 14.5. The van der Waals surface area contributed by atoms with Crippen molar-refractivity contribution in [1.29, 1.82) is 0 Å². The molecular formula is C20H20N4O6. The maximum atomic E-state index is 13.1. The van der Waals surface area contributed by atoms with Crippen LogP contribution in [0.5, 0.6) is 5.75 Å². The molecule has 0 saturated carbocycles. The maximum Gasteiger partial charge on any atom is 0.344 e. The normalized spacial score (nSPS) is 18.1. The Labute approximate surface area is 171 Å². The summed E-state index contributed by atoms with van der Waals surface area (Å²) in [6, 6.07) is 11.5. The number of carbonyl (C=O) groups is 3. The van der Waals surface area contributed by atoms with E-state index in [1.807, 2.05) is 0 Å². The van der Waals surface area contributed by atoms with Crippen LogP contribution in [-0.2, 0) is 10.3 Å². The van der Waals surface area contributed by atoms with Crippen LogP contribution in [-0.4, -0.2) is 34.4 Å². The summed E-state index contributed by atoms with van der Waals surface area (Å²) >= 11 is 0. The number of nitro benzene ring substituents is 1. The summed E-state index contributed by atoms with van der Waals surface area (Å²) in [5.74, 6) is -1.47. The minimum absolute atomic E-state index is 0.0168. The van der Waals surface area contributed by atoms with Crippen LogP contribution in [0, 0.1) is 10.1 Å². The molecule has 1 aliphatic heterocycles. The maximum absolute atomic E-state index is 13.1. The predicted molar refractivity (Wildman–Crippen MR) is 106 cm³/mol. The third kappa shape index (κ3) is 3.54. The Morgan fingerprint density at radius 1 is 1.20 bits per heavy atom. The summed E-state index contributed by atoms with van der Waals surface area (Å²) in [6.45, 7) is 3.63. The average molecular weight is 412 g/mol. The molecule has 3 rings (SSSR count). The van der Waals surface area contributed by atoms with Crippen LogP contribution in [0.25, 0.3) is 0 Å². The van der Waals surface area contributed by atoms with Crippen molar-refractivity contribution in [1.82, 2.24) is 15.8 Å². The van der Waals surface area contributed by atoms with Crippen LogP contribution >= 0.6 is 0 Å². The van der Waals surface area contributed by atoms with E-state index in [1.165, 1.54) is 12.1 Å². The molecule has 4 amide bonds. The highest BCUT2D eigenvalue weighted by Gasteiger charge is 2.52. The topological polar surface area (TPSA) is 131 Å². The molecule has 2 aromatic rings. The molecule has 2 aromatic carbocycles. The van der Waals surface area contributed by atoms with E-state index in [2.05, 4.69) is 10.7 Å². The van der Waals surface area contributed by atoms with Gasteiger partial charge in [0.25, 0.3) is 11.8 Å². The van der Waals surface area contributed by atoms with Crippen molar-refractivity contribution < 1.29 is 24.0 Å². The van der Waals surface area contributed by atoms with Gasteiger partial charge < -0.3 is 10.1 Å². The fourth-order valence-corrected chi connectivity index (χ4v) is 3.28. The summed E-state index contributed by atoms with van der Waals surface area (Å²) in [7, 11) is 0. The molecule has 1 saturated heterocycles. The number of amides is 4. The molecule has 156 valence electrons. The van der Waals surface area contributed by atoms with Crippen molar-refractivity contribution in [3.8, 4) is 5.75 Å². The number of nitrogens with one attached hydrogen (secondary N) is 2. The monoisotopic (exact) mass is 412 g/mol. The zero-order chi connectivity index (χ0) is 21.9. The second kappa shape index (κ2) is 8.19. The number of ether oxygens (including phenoxy) is 1. The minimum Gasteiger partial charge on any atom is -0.487 e. The van der Waals surface area contributed by atoms with Gasteiger partial charge in [-0.05, 0) is 31.0 Å². The number of imide groups is 1. The third-order valence-corrected chi connectivity index (χ3v) is 4.82. The van der Waals surface area contributed by atoms with Gasteiger partial charge in [-0.25, -0.2) is 4.79 Å². The van der Waals surface area contributed by atoms with Crippen LogP contribution < -0.4 is 15.5 Å². The number of hydrogen-bond acceptors (Lipinski definition) is 6. The Bertz CT molecular complexity index is 1010. The third-order valence-electron chi connectivity index (χ3n) is 4.82. The van der Waals surface area contributed by atoms with Gasteiger partial charge in [-0.15, -0.1) is 0 Å². The SMILES string of the molecule is CCOc1ccc(C(=O)NN2C(=O)N[C@](CC)(c3ccccc3)C2=O)cc1[N+](=O)[O-]. The molecule has 1 fully saturated rings. The summed E-state index contributed by atoms with van der Waals surface area (Å²) < 4.78 is 5.19. The van der Waals surface area contributed by atoms with Gasteiger partial charge in [0.05, 0.1) is 11.5 Å². The van der Waals surface area contributed by atoms with Crippen LogP contribution in [0.4, 0.5) is 10.5 Å². The summed E-state index contributed by atoms with van der Waals surface area (Å²) in [6.07, 6.45) is 0.266. The minimum atomic E-state index is -1.31. The largest absolute Gasteiger partial charge is 0.487 e. The number of hydrazine groups is 1. The van der Waals surface area contributed by atoms with E-state index in [0.717, 1.165) is 6.07 Å². The Morgan fingerprint density at radius 3 is 2.50 bits per heavy atom. The highest BCUT2D eigenvalue weighted by molar-refractivity contribution is 6.09. The first-order valence-electron chi connectivity index (χ1n) is 9.28. The van der Waals surface area contributed by atoms with Crippen molar-refractivity contribution in [2.24, 2.45) is 0 Å². The zero-order valence-corrected chi connectivity index (χ0v) is 16.4. The molecule has 0 aliphatic carbocycles. The standard InChI is InChI=1S/C20H20N4O6/c1-3-20(14-8-6-5-7-9-14)18(26)23(19(27)21-20)22-17(25)13-10-11-16(30-4-2)15(12-13)24(28)29/h5-12H,3-4H2,1-2H3,(H,21,27)(H,22,25)/t20-/m1/s1. The van der Waals surface area contributed by atoms with Crippen molar-refractivity contribution in [3.05, 3.63) is 69.8 Å². The van der Waals surface area contributed by atoms with Crippen molar-refractivity contribution in [2.45, 2.75) is 25.8 Å². The highest BCUT2D eigenvalue weighted by Crippen LogP contribution is 2.32. The van der Waals surface area contributed by atoms with Gasteiger partial charge >= 0.3 is 11.7 Å². The molecule has 0 spiro atoms. The first kappa shape index (κ1) is 20.8. The molecule has 0 unspecified atom stereocenters. The van der Waals surface area contributed by atoms with E-state index in [0.29, 0.717) is 10.6 Å². The number of nitro groups is 1. The summed E-state index contributed by atoms with van der Waals surface area (Å²) in [4.78, 5) is 48.7. The molecule has 1 heterocycles. The van der Waals surface area contributed by atoms with E-state index in [1.54, 1.807) is 44.2 Å². The first-order valence-corrected chi connectivity index (χ1v) is 9.28. The lowest BCUT2D eigenvalue weighted by atomic mass is 9.87. The lowest BCUT2D eigenvalue weighted by Gasteiger charge is -2.25. The predicted octanol–water partition coefficient (Wildman–Crippen LogP) is 2.50. The first-order chi connectivity index (χ1) is 14.3. The second-order valence-corrected chi connectivity index (χ2v) is 6.51. The van der Waals surface area contributed by atoms with Crippen LogP contribution in [0.15, 0.2) is 48.5 Å². The Hall–Kier alpha value is -3.95. The summed E-state index contributed by atoms with van der Waals surface area (Å²) in [5.41, 5.74) is 1.02. The molecule has 0 bridgehead atoms. The van der Waals surface area contributed by atoms with Crippen molar-refractivity contribution in [2.75, 3.05) is 6.61 Å². The fourth-order valence-electron chi connectivity index (χ4n) is 3.28. The van der Waals surface area contributed by atoms with Gasteiger partial charge in [-0.2, -0.15) is 5.01 Å². The molecule has 30 heavy (non-hydrogen) atoms. The molecule has 1 aliphatic rings. The molecule has 0 radical (unpaired) electrons.